The zero-order valence-corrected chi connectivity index (χ0v) is 75.4. The van der Waals surface area contributed by atoms with Gasteiger partial charge in [0.1, 0.15) is 74.5 Å². The molecule has 29 nitrogen and oxygen atoms in total. The predicted octanol–water partition coefficient (Wildman–Crippen LogP) is 18.2. The predicted molar refractivity (Wildman–Crippen MR) is 493 cm³/mol. The lowest BCUT2D eigenvalue weighted by Crippen LogP contribution is -2.14. The van der Waals surface area contributed by atoms with E-state index < -0.39 is 79.4 Å². The molecule has 134 heavy (non-hydrogen) atoms. The van der Waals surface area contributed by atoms with Crippen molar-refractivity contribution < 1.29 is 84.4 Å². The van der Waals surface area contributed by atoms with E-state index >= 15 is 0 Å². The average Bonchev–Trinajstić information content (AvgIpc) is 0.780. The molecule has 679 valence electrons. The topological polar surface area (TPSA) is 431 Å². The van der Waals surface area contributed by atoms with E-state index in [-0.39, 0.29) is 48.6 Å². The molecule has 0 atom stereocenters. The van der Waals surface area contributed by atoms with Crippen LogP contribution >= 0.6 is 34.8 Å². The lowest BCUT2D eigenvalue weighted by molar-refractivity contribution is 0.346. The average molecular weight is 1950 g/mol. The molecule has 0 aliphatic rings. The molecule has 0 saturated carbocycles. The van der Waals surface area contributed by atoms with Gasteiger partial charge in [-0.1, -0.05) is 77.3 Å². The fourth-order valence-electron chi connectivity index (χ4n) is 12.3. The van der Waals surface area contributed by atoms with Gasteiger partial charge in [-0.25, -0.2) is 98.2 Å². The highest BCUT2D eigenvalue weighted by Crippen LogP contribution is 2.38. The number of phenolic OH excluding ortho intramolecular Hbond substituents is 2. The molecule has 18 rings (SSSR count). The number of aromatic nitrogens is 14. The number of nitrogens with zero attached hydrogens (tertiary/aromatic N) is 14. The van der Waals surface area contributed by atoms with E-state index in [0.717, 1.165) is 78.0 Å². The highest BCUT2D eigenvalue weighted by Gasteiger charge is 2.32. The highest BCUT2D eigenvalue weighted by atomic mass is 35.5. The second-order valence-corrected chi connectivity index (χ2v) is 36.7. The Kier molecular flexibility index (Phi) is 32.9. The minimum Gasteiger partial charge on any atom is -0.537 e. The minimum atomic E-state index is -4.91. The molecule has 0 amide bonds. The molecule has 0 unspecified atom stereocenters. The molecule has 0 saturated heterocycles. The summed E-state index contributed by atoms with van der Waals surface area (Å²) in [6.07, 6.45) is 21.1. The zero-order chi connectivity index (χ0) is 95.9. The molecule has 18 aromatic rings. The van der Waals surface area contributed by atoms with Gasteiger partial charge in [0.25, 0.3) is 0 Å². The van der Waals surface area contributed by atoms with Crippen molar-refractivity contribution in [2.45, 2.75) is 57.6 Å². The van der Waals surface area contributed by atoms with Crippen LogP contribution in [0.4, 0.5) is 27.8 Å². The van der Waals surface area contributed by atoms with Crippen molar-refractivity contribution in [1.29, 1.82) is 0 Å². The molecule has 42 heteroatoms. The number of aryl methyl sites for hydroxylation is 3. The number of fused-ring (bicyclic) bond motifs is 4. The third-order valence-electron chi connectivity index (χ3n) is 18.9. The zero-order valence-electron chi connectivity index (χ0n) is 69.8. The number of hydrogen-bond donors (Lipinski definition) is 4. The summed E-state index contributed by atoms with van der Waals surface area (Å²) in [6.45, 7) is 5.76. The number of ether oxygens (including phenoxy) is 1. The van der Waals surface area contributed by atoms with Crippen LogP contribution in [0.1, 0.15) is 33.8 Å². The van der Waals surface area contributed by atoms with Crippen LogP contribution < -0.4 is 19.3 Å². The number of nitrogen functional groups attached to an aromatic ring is 1. The number of phenols is 2. The summed E-state index contributed by atoms with van der Waals surface area (Å²) in [7, 11) is -14.9. The van der Waals surface area contributed by atoms with Gasteiger partial charge in [-0.2, -0.15) is 17.2 Å². The number of sulfone groups is 3. The van der Waals surface area contributed by atoms with Crippen LogP contribution in [0.25, 0.3) is 65.6 Å². The summed E-state index contributed by atoms with van der Waals surface area (Å²) in [6, 6.07) is 57.8. The first-order chi connectivity index (χ1) is 64.1. The molecule has 10 aromatic heterocycles. The Morgan fingerprint density at radius 2 is 0.776 bits per heavy atom. The first-order valence-electron chi connectivity index (χ1n) is 38.9. The van der Waals surface area contributed by atoms with Crippen LogP contribution in [0.2, 0.25) is 15.5 Å². The van der Waals surface area contributed by atoms with Crippen LogP contribution in [0.3, 0.4) is 0 Å². The van der Waals surface area contributed by atoms with Gasteiger partial charge in [-0.05, 0) is 217 Å². The van der Waals surface area contributed by atoms with Crippen LogP contribution in [0.5, 0.6) is 34.6 Å². The molecule has 5 N–H and O–H groups in total. The summed E-state index contributed by atoms with van der Waals surface area (Å²) < 4.78 is 182. The second-order valence-electron chi connectivity index (χ2n) is 28.1. The van der Waals surface area contributed by atoms with Crippen LogP contribution in [-0.2, 0) is 56.9 Å². The van der Waals surface area contributed by atoms with Crippen LogP contribution in [-0.4, -0.2) is 126 Å². The maximum Gasteiger partial charge on any atom is 0.569 e. The molecule has 0 spiro atoms. The second kappa shape index (κ2) is 44.9. The monoisotopic (exact) mass is 1950 g/mol. The number of hydrogen-bond acceptors (Lipinski definition) is 29. The third kappa shape index (κ3) is 25.9. The van der Waals surface area contributed by atoms with Gasteiger partial charge < -0.3 is 34.5 Å². The fourth-order valence-corrected chi connectivity index (χ4v) is 17.8. The molecule has 1 radical (unpaired) electrons. The van der Waals surface area contributed by atoms with Crippen molar-refractivity contribution in [3.63, 3.8) is 0 Å². The lowest BCUT2D eigenvalue weighted by Gasteiger charge is -2.12. The molecule has 10 heterocycles. The number of anilines is 1. The first kappa shape index (κ1) is 98.2. The maximum absolute atomic E-state index is 13.6. The van der Waals surface area contributed by atoms with E-state index in [1.807, 2.05) is 75.4 Å². The number of nitrogens with two attached hydrogens (primary N) is 1. The molecule has 0 aliphatic carbocycles. The van der Waals surface area contributed by atoms with Gasteiger partial charge in [0.05, 0.1) is 60.4 Å². The highest BCUT2D eigenvalue weighted by molar-refractivity contribution is 7.91. The Balaban J connectivity index is 0.000000149. The van der Waals surface area contributed by atoms with Gasteiger partial charge >= 0.3 is 17.8 Å². The Hall–Kier alpha value is -14.8. The Labute approximate surface area is 778 Å². The quantitative estimate of drug-likeness (QED) is 0.0155. The Bertz CT molecular complexity index is 7670. The standard InChI is InChI=1S/C26H20N4O3S.C21H17N3O3S.C15H5ClF5NO3S.C14H10ClN3O2S.C7H8BO3.C5H4ClN.C4H5N3/c1-18-5-6-21(33-25-4-2-3-11-28-25)15-24(18)26-23-8-7-22(14-19(23)9-13-29-26)34(31,32)16-20-10-12-27-17-30-20;1-14-2-3-17(25)11-20(14)21-19-5-4-18(10-15(19)6-9-23-21)28(26,27)12-16-7-8-22-13-24-16;16-15-8-2-1-7(5-6(8)3-4-22-15)26(23,24)25-14-12(20)10(18)9(17)11(19)13(14)21;15-14-13-2-1-12(7-10(13)3-6-17-14)21(19,20)8-11-4-5-16-9-18-11;1-5-2-3-6(9)4-7(5)11-8-10;6-5-3-1-2-4-7-5;5-4-1-2-6-3-7-4/h2-15,17H,16H2,1H3;2-11,13,25H,12H2,1H3;1-5H;1-7,9H,8H2;2-4,9-10H,1H3;1-4H;1-3H,(H2,5,6,7). The summed E-state index contributed by atoms with van der Waals surface area (Å²) in [5.41, 5.74) is 12.6. The van der Waals surface area contributed by atoms with E-state index in [1.54, 1.807) is 159 Å². The van der Waals surface area contributed by atoms with Crippen molar-refractivity contribution >= 4 is 131 Å². The SMILES string of the molecule is Cc1ccc(O)cc1-c1nccc2cc(S(=O)(=O)Cc3ccncn3)ccc12.Cc1ccc(O)cc1O[B]O.Cc1ccc(Oc2ccccn2)cc1-c1nccc2cc(S(=O)(=O)Cc3ccncn3)ccc12.Clc1ccccn1.Nc1ccncn1.O=S(=O)(Cc1ccncn1)c1ccc2c(Cl)nccc2c1.O=S(=O)(Oc1c(F)c(F)c(F)c(F)c1F)c1ccc2c(Cl)nccc2c1. The van der Waals surface area contributed by atoms with Crippen LogP contribution in [0.15, 0.2) is 319 Å². The fraction of sp³-hybridized carbons (Fsp3) is 0.0652. The maximum atomic E-state index is 13.6. The number of aromatic hydroxyl groups is 2. The molecule has 0 fully saturated rings. The van der Waals surface area contributed by atoms with Crippen molar-refractivity contribution in [3.05, 3.63) is 378 Å². The summed E-state index contributed by atoms with van der Waals surface area (Å²) in [5.74, 6) is -12.0. The van der Waals surface area contributed by atoms with Crippen molar-refractivity contribution in [2.24, 2.45) is 0 Å². The van der Waals surface area contributed by atoms with Crippen molar-refractivity contribution in [2.75, 3.05) is 5.73 Å². The minimum absolute atomic E-state index is 0.0760. The van der Waals surface area contributed by atoms with Gasteiger partial charge in [0.15, 0.2) is 29.5 Å². The van der Waals surface area contributed by atoms with E-state index in [0.29, 0.717) is 74.7 Å². The number of benzene rings is 8. The van der Waals surface area contributed by atoms with Crippen LogP contribution in [0, 0.1) is 49.9 Å². The van der Waals surface area contributed by atoms with E-state index in [9.17, 15) is 60.7 Å². The smallest absolute Gasteiger partial charge is 0.537 e. The summed E-state index contributed by atoms with van der Waals surface area (Å²) >= 11 is 17.2. The van der Waals surface area contributed by atoms with E-state index in [1.165, 1.54) is 74.4 Å². The number of pyridine rings is 6. The summed E-state index contributed by atoms with van der Waals surface area (Å²) in [4.78, 5) is 55.6. The molecular formula is C92H69BCl3F5N15O14S4. The largest absolute Gasteiger partial charge is 0.569 e. The van der Waals surface area contributed by atoms with Crippen molar-refractivity contribution in [1.82, 2.24) is 69.8 Å². The van der Waals surface area contributed by atoms with Gasteiger partial charge in [0.2, 0.25) is 40.7 Å². The van der Waals surface area contributed by atoms with Gasteiger partial charge in [-0.15, -0.1) is 0 Å². The molecular weight excluding hydrogens is 1880 g/mol. The molecule has 0 bridgehead atoms. The third-order valence-corrected chi connectivity index (χ3v) is 25.9. The van der Waals surface area contributed by atoms with E-state index in [4.69, 9.17) is 55.4 Å². The first-order valence-corrected chi connectivity index (χ1v) is 46.4. The number of halogens is 8. The molecule has 8 aromatic carbocycles. The summed E-state index contributed by atoms with van der Waals surface area (Å²) in [5, 5.41) is 33.5. The van der Waals surface area contributed by atoms with Gasteiger partial charge in [0, 0.05) is 107 Å². The normalized spacial score (nSPS) is 11.1. The lowest BCUT2D eigenvalue weighted by atomic mass is 10.00. The van der Waals surface area contributed by atoms with Gasteiger partial charge in [-0.3, -0.25) is 9.97 Å². The van der Waals surface area contributed by atoms with Crippen molar-refractivity contribution in [3.8, 4) is 57.1 Å². The number of rotatable bonds is 18. The van der Waals surface area contributed by atoms with E-state index in [2.05, 4.69) is 78.6 Å². The molecule has 0 aliphatic heterocycles. The Morgan fingerprint density at radius 1 is 0.373 bits per heavy atom. The Morgan fingerprint density at radius 3 is 1.19 bits per heavy atom.